The van der Waals surface area contributed by atoms with Gasteiger partial charge in [0, 0.05) is 12.7 Å². The van der Waals surface area contributed by atoms with Crippen molar-refractivity contribution in [1.29, 1.82) is 0 Å². The van der Waals surface area contributed by atoms with E-state index in [4.69, 9.17) is 19.7 Å². The van der Waals surface area contributed by atoms with Gasteiger partial charge in [0.05, 0.1) is 13.7 Å². The van der Waals surface area contributed by atoms with E-state index in [1.165, 1.54) is 0 Å². The zero-order valence-corrected chi connectivity index (χ0v) is 10.3. The molecule has 0 spiro atoms. The SMILES string of the molecule is COCC(N)c1nc(-c2cccc(OC)c2)no1. The van der Waals surface area contributed by atoms with Gasteiger partial charge in [0.2, 0.25) is 11.7 Å². The summed E-state index contributed by atoms with van der Waals surface area (Å²) in [4.78, 5) is 4.24. The zero-order valence-electron chi connectivity index (χ0n) is 10.3. The van der Waals surface area contributed by atoms with Crippen molar-refractivity contribution in [2.24, 2.45) is 5.73 Å². The first kappa shape index (κ1) is 12.5. The van der Waals surface area contributed by atoms with Crippen LogP contribution in [0.2, 0.25) is 0 Å². The molecule has 18 heavy (non-hydrogen) atoms. The summed E-state index contributed by atoms with van der Waals surface area (Å²) in [6.45, 7) is 0.333. The van der Waals surface area contributed by atoms with E-state index in [9.17, 15) is 0 Å². The van der Waals surface area contributed by atoms with Crippen molar-refractivity contribution in [3.8, 4) is 17.1 Å². The van der Waals surface area contributed by atoms with Gasteiger partial charge in [-0.3, -0.25) is 0 Å². The highest BCUT2D eigenvalue weighted by Gasteiger charge is 2.15. The maximum atomic E-state index is 5.81. The molecule has 0 amide bonds. The number of ether oxygens (including phenoxy) is 2. The Morgan fingerprint density at radius 1 is 1.39 bits per heavy atom. The standard InChI is InChI=1S/C12H15N3O3/c1-16-7-10(13)12-14-11(15-18-12)8-4-3-5-9(6-8)17-2/h3-6,10H,7,13H2,1-2H3. The van der Waals surface area contributed by atoms with Gasteiger partial charge < -0.3 is 19.7 Å². The number of hydrogen-bond acceptors (Lipinski definition) is 6. The van der Waals surface area contributed by atoms with Crippen LogP contribution < -0.4 is 10.5 Å². The molecule has 0 aliphatic heterocycles. The molecule has 6 heteroatoms. The maximum absolute atomic E-state index is 5.81. The molecule has 1 heterocycles. The fourth-order valence-electron chi connectivity index (χ4n) is 1.52. The third-order valence-electron chi connectivity index (χ3n) is 2.43. The Hall–Kier alpha value is -1.92. The molecule has 0 fully saturated rings. The van der Waals surface area contributed by atoms with E-state index in [0.717, 1.165) is 11.3 Å². The molecule has 1 unspecified atom stereocenters. The summed E-state index contributed by atoms with van der Waals surface area (Å²) in [5.74, 6) is 1.57. The maximum Gasteiger partial charge on any atom is 0.246 e. The molecule has 0 radical (unpaired) electrons. The Kier molecular flexibility index (Phi) is 3.91. The fraction of sp³-hybridized carbons (Fsp3) is 0.333. The van der Waals surface area contributed by atoms with E-state index < -0.39 is 6.04 Å². The lowest BCUT2D eigenvalue weighted by Gasteiger charge is -2.03. The lowest BCUT2D eigenvalue weighted by Crippen LogP contribution is -2.16. The first-order chi connectivity index (χ1) is 8.74. The highest BCUT2D eigenvalue weighted by molar-refractivity contribution is 5.56. The number of benzene rings is 1. The molecule has 0 aliphatic carbocycles. The first-order valence-corrected chi connectivity index (χ1v) is 5.47. The van der Waals surface area contributed by atoms with Crippen molar-refractivity contribution in [3.63, 3.8) is 0 Å². The van der Waals surface area contributed by atoms with Gasteiger partial charge in [-0.25, -0.2) is 0 Å². The van der Waals surface area contributed by atoms with Crippen LogP contribution in [0.3, 0.4) is 0 Å². The van der Waals surface area contributed by atoms with Gasteiger partial charge in [-0.15, -0.1) is 0 Å². The predicted octanol–water partition coefficient (Wildman–Crippen LogP) is 1.39. The molecular weight excluding hydrogens is 234 g/mol. The minimum atomic E-state index is -0.415. The Balaban J connectivity index is 2.23. The van der Waals surface area contributed by atoms with E-state index in [-0.39, 0.29) is 0 Å². The minimum absolute atomic E-state index is 0.333. The normalized spacial score (nSPS) is 12.4. The van der Waals surface area contributed by atoms with Crippen LogP contribution in [0.25, 0.3) is 11.4 Å². The van der Waals surface area contributed by atoms with Crippen LogP contribution in [0, 0.1) is 0 Å². The molecule has 0 saturated heterocycles. The number of nitrogens with zero attached hydrogens (tertiary/aromatic N) is 2. The van der Waals surface area contributed by atoms with Crippen molar-refractivity contribution in [2.45, 2.75) is 6.04 Å². The number of nitrogens with two attached hydrogens (primary N) is 1. The molecule has 0 bridgehead atoms. The van der Waals surface area contributed by atoms with Gasteiger partial charge in [0.15, 0.2) is 0 Å². The van der Waals surface area contributed by atoms with E-state index in [2.05, 4.69) is 10.1 Å². The topological polar surface area (TPSA) is 83.4 Å². The number of rotatable bonds is 5. The van der Waals surface area contributed by atoms with Crippen LogP contribution in [0.15, 0.2) is 28.8 Å². The second-order valence-electron chi connectivity index (χ2n) is 3.75. The molecule has 2 aromatic rings. The fourth-order valence-corrected chi connectivity index (χ4v) is 1.52. The highest BCUT2D eigenvalue weighted by atomic mass is 16.5. The first-order valence-electron chi connectivity index (χ1n) is 5.47. The largest absolute Gasteiger partial charge is 0.497 e. The third-order valence-corrected chi connectivity index (χ3v) is 2.43. The van der Waals surface area contributed by atoms with Gasteiger partial charge in [0.1, 0.15) is 11.8 Å². The Morgan fingerprint density at radius 3 is 2.94 bits per heavy atom. The number of aromatic nitrogens is 2. The summed E-state index contributed by atoms with van der Waals surface area (Å²) in [6.07, 6.45) is 0. The molecule has 6 nitrogen and oxygen atoms in total. The van der Waals surface area contributed by atoms with Crippen molar-refractivity contribution in [1.82, 2.24) is 10.1 Å². The minimum Gasteiger partial charge on any atom is -0.497 e. The summed E-state index contributed by atoms with van der Waals surface area (Å²) < 4.78 is 15.2. The summed E-state index contributed by atoms with van der Waals surface area (Å²) in [7, 11) is 3.18. The molecular formula is C12H15N3O3. The summed E-state index contributed by atoms with van der Waals surface area (Å²) in [5, 5.41) is 3.89. The van der Waals surface area contributed by atoms with Crippen LogP contribution in [-0.4, -0.2) is 31.0 Å². The average molecular weight is 249 g/mol. The van der Waals surface area contributed by atoms with E-state index in [0.29, 0.717) is 18.3 Å². The Bertz CT molecular complexity index is 513. The number of hydrogen-bond donors (Lipinski definition) is 1. The average Bonchev–Trinajstić information content (AvgIpc) is 2.89. The predicted molar refractivity (Wildman–Crippen MR) is 65.1 cm³/mol. The molecule has 1 atom stereocenters. The van der Waals surface area contributed by atoms with Gasteiger partial charge in [-0.2, -0.15) is 4.98 Å². The second kappa shape index (κ2) is 5.61. The molecule has 1 aromatic heterocycles. The van der Waals surface area contributed by atoms with Crippen molar-refractivity contribution in [3.05, 3.63) is 30.2 Å². The van der Waals surface area contributed by atoms with E-state index in [1.54, 1.807) is 14.2 Å². The molecule has 2 N–H and O–H groups in total. The third kappa shape index (κ3) is 2.66. The van der Waals surface area contributed by atoms with Gasteiger partial charge in [-0.1, -0.05) is 17.3 Å². The quantitative estimate of drug-likeness (QED) is 0.862. The Morgan fingerprint density at radius 2 is 2.22 bits per heavy atom. The van der Waals surface area contributed by atoms with Crippen LogP contribution in [0.1, 0.15) is 11.9 Å². The summed E-state index contributed by atoms with van der Waals surface area (Å²) >= 11 is 0. The van der Waals surface area contributed by atoms with E-state index in [1.807, 2.05) is 24.3 Å². The molecule has 1 aromatic carbocycles. The van der Waals surface area contributed by atoms with Gasteiger partial charge in [0.25, 0.3) is 0 Å². The van der Waals surface area contributed by atoms with Crippen LogP contribution in [0.5, 0.6) is 5.75 Å². The van der Waals surface area contributed by atoms with Crippen LogP contribution >= 0.6 is 0 Å². The number of methoxy groups -OCH3 is 2. The van der Waals surface area contributed by atoms with Gasteiger partial charge in [-0.05, 0) is 12.1 Å². The smallest absolute Gasteiger partial charge is 0.246 e. The van der Waals surface area contributed by atoms with Crippen LogP contribution in [-0.2, 0) is 4.74 Å². The zero-order chi connectivity index (χ0) is 13.0. The molecule has 0 aliphatic rings. The molecule has 0 saturated carbocycles. The lowest BCUT2D eigenvalue weighted by molar-refractivity contribution is 0.166. The van der Waals surface area contributed by atoms with Gasteiger partial charge >= 0.3 is 0 Å². The van der Waals surface area contributed by atoms with Crippen molar-refractivity contribution in [2.75, 3.05) is 20.8 Å². The molecule has 2 rings (SSSR count). The second-order valence-corrected chi connectivity index (χ2v) is 3.75. The monoisotopic (exact) mass is 249 g/mol. The van der Waals surface area contributed by atoms with E-state index >= 15 is 0 Å². The van der Waals surface area contributed by atoms with Crippen LogP contribution in [0.4, 0.5) is 0 Å². The summed E-state index contributed by atoms with van der Waals surface area (Å²) in [5.41, 5.74) is 6.62. The Labute approximate surface area is 105 Å². The summed E-state index contributed by atoms with van der Waals surface area (Å²) in [6, 6.07) is 7.00. The van der Waals surface area contributed by atoms with Crippen molar-refractivity contribution >= 4 is 0 Å². The van der Waals surface area contributed by atoms with Crippen molar-refractivity contribution < 1.29 is 14.0 Å². The lowest BCUT2D eigenvalue weighted by atomic mass is 10.2. The highest BCUT2D eigenvalue weighted by Crippen LogP contribution is 2.22. The molecule has 96 valence electrons.